The van der Waals surface area contributed by atoms with Gasteiger partial charge in [0.2, 0.25) is 5.95 Å². The quantitative estimate of drug-likeness (QED) is 0.437. The number of benzene rings is 2. The van der Waals surface area contributed by atoms with Crippen molar-refractivity contribution in [3.63, 3.8) is 0 Å². The number of fused-ring (bicyclic) bond motifs is 1. The maximum Gasteiger partial charge on any atom is 0.227 e. The highest BCUT2D eigenvalue weighted by Crippen LogP contribution is 2.27. The summed E-state index contributed by atoms with van der Waals surface area (Å²) < 4.78 is 5.41. The minimum Gasteiger partial charge on any atom is -0.378 e. The molecule has 0 radical (unpaired) electrons. The standard InChI is InChI=1S/C24H23ClN6O/c25-18-4-5-20-21(6-8-26-22(20)15-18)29-19-3-1-2-17(14-19)16-28-23-7-9-27-24(30-23)31-10-12-32-13-11-31/h1-9,14-15H,10-13,16H2,(H,26,29)(H,27,28,30). The molecule has 162 valence electrons. The van der Waals surface area contributed by atoms with Gasteiger partial charge in [0.25, 0.3) is 0 Å². The van der Waals surface area contributed by atoms with Gasteiger partial charge in [-0.3, -0.25) is 4.98 Å². The lowest BCUT2D eigenvalue weighted by Crippen LogP contribution is -2.37. The van der Waals surface area contributed by atoms with Crippen LogP contribution >= 0.6 is 11.6 Å². The van der Waals surface area contributed by atoms with E-state index in [1.54, 1.807) is 12.4 Å². The summed E-state index contributed by atoms with van der Waals surface area (Å²) in [5.41, 5.74) is 3.99. The highest BCUT2D eigenvalue weighted by Gasteiger charge is 2.14. The summed E-state index contributed by atoms with van der Waals surface area (Å²) in [6, 6.07) is 17.9. The number of aromatic nitrogens is 3. The highest BCUT2D eigenvalue weighted by molar-refractivity contribution is 6.31. The lowest BCUT2D eigenvalue weighted by Gasteiger charge is -2.26. The van der Waals surface area contributed by atoms with Crippen LogP contribution in [0, 0.1) is 0 Å². The van der Waals surface area contributed by atoms with E-state index in [0.29, 0.717) is 24.8 Å². The molecule has 3 heterocycles. The molecule has 5 rings (SSSR count). The van der Waals surface area contributed by atoms with Gasteiger partial charge in [0.15, 0.2) is 0 Å². The van der Waals surface area contributed by atoms with Crippen molar-refractivity contribution >= 4 is 45.6 Å². The third-order valence-electron chi connectivity index (χ3n) is 5.32. The molecule has 7 nitrogen and oxygen atoms in total. The van der Waals surface area contributed by atoms with E-state index >= 15 is 0 Å². The number of hydrogen-bond acceptors (Lipinski definition) is 7. The van der Waals surface area contributed by atoms with Crippen LogP contribution in [-0.4, -0.2) is 41.3 Å². The summed E-state index contributed by atoms with van der Waals surface area (Å²) in [6.45, 7) is 3.70. The fourth-order valence-electron chi connectivity index (χ4n) is 3.70. The average molecular weight is 447 g/mol. The Bertz CT molecular complexity index is 1230. The zero-order chi connectivity index (χ0) is 21.8. The molecular formula is C24H23ClN6O. The van der Waals surface area contributed by atoms with Gasteiger partial charge in [-0.15, -0.1) is 0 Å². The second kappa shape index (κ2) is 9.38. The van der Waals surface area contributed by atoms with Crippen molar-refractivity contribution in [2.24, 2.45) is 0 Å². The third-order valence-corrected chi connectivity index (χ3v) is 5.56. The molecule has 0 saturated carbocycles. The number of nitrogens with zero attached hydrogens (tertiary/aromatic N) is 4. The first kappa shape index (κ1) is 20.5. The van der Waals surface area contributed by atoms with Crippen LogP contribution in [0.3, 0.4) is 0 Å². The number of hydrogen-bond donors (Lipinski definition) is 2. The van der Waals surface area contributed by atoms with Crippen LogP contribution in [0.2, 0.25) is 5.02 Å². The number of anilines is 4. The van der Waals surface area contributed by atoms with E-state index in [9.17, 15) is 0 Å². The van der Waals surface area contributed by atoms with E-state index in [4.69, 9.17) is 16.3 Å². The van der Waals surface area contributed by atoms with E-state index in [-0.39, 0.29) is 0 Å². The first-order valence-corrected chi connectivity index (χ1v) is 10.9. The molecule has 8 heteroatoms. The number of rotatable bonds is 6. The first-order chi connectivity index (χ1) is 15.7. The normalized spacial score (nSPS) is 13.8. The molecule has 0 bridgehead atoms. The molecule has 2 N–H and O–H groups in total. The van der Waals surface area contributed by atoms with Crippen molar-refractivity contribution in [3.05, 3.63) is 77.6 Å². The second-order valence-corrected chi connectivity index (χ2v) is 7.98. The van der Waals surface area contributed by atoms with Gasteiger partial charge in [-0.05, 0) is 48.0 Å². The lowest BCUT2D eigenvalue weighted by molar-refractivity contribution is 0.122. The third kappa shape index (κ3) is 4.74. The molecule has 0 amide bonds. The highest BCUT2D eigenvalue weighted by atomic mass is 35.5. The van der Waals surface area contributed by atoms with Gasteiger partial charge < -0.3 is 20.3 Å². The van der Waals surface area contributed by atoms with Crippen LogP contribution in [0.25, 0.3) is 10.9 Å². The van der Waals surface area contributed by atoms with E-state index in [2.05, 4.69) is 42.6 Å². The molecule has 1 fully saturated rings. The number of pyridine rings is 1. The van der Waals surface area contributed by atoms with Gasteiger partial charge in [0.05, 0.1) is 18.7 Å². The monoisotopic (exact) mass is 446 g/mol. The lowest BCUT2D eigenvalue weighted by atomic mass is 10.1. The fourth-order valence-corrected chi connectivity index (χ4v) is 3.87. The Morgan fingerprint density at radius 3 is 2.75 bits per heavy atom. The topological polar surface area (TPSA) is 75.2 Å². The number of halogens is 1. The van der Waals surface area contributed by atoms with Crippen LogP contribution in [0.15, 0.2) is 67.0 Å². The Labute approximate surface area is 191 Å². The van der Waals surface area contributed by atoms with Gasteiger partial charge in [-0.1, -0.05) is 23.7 Å². The number of morpholine rings is 1. The molecule has 0 spiro atoms. The van der Waals surface area contributed by atoms with Crippen molar-refractivity contribution < 1.29 is 4.74 Å². The molecular weight excluding hydrogens is 424 g/mol. The molecule has 0 aliphatic carbocycles. The minimum absolute atomic E-state index is 0.655. The smallest absolute Gasteiger partial charge is 0.227 e. The first-order valence-electron chi connectivity index (χ1n) is 10.5. The predicted molar refractivity (Wildman–Crippen MR) is 129 cm³/mol. The van der Waals surface area contributed by atoms with E-state index in [1.807, 2.05) is 42.5 Å². The molecule has 32 heavy (non-hydrogen) atoms. The van der Waals surface area contributed by atoms with Gasteiger partial charge in [-0.2, -0.15) is 4.98 Å². The summed E-state index contributed by atoms with van der Waals surface area (Å²) in [7, 11) is 0. The van der Waals surface area contributed by atoms with E-state index < -0.39 is 0 Å². The summed E-state index contributed by atoms with van der Waals surface area (Å²) in [5.74, 6) is 1.54. The van der Waals surface area contributed by atoms with Crippen molar-refractivity contribution in [1.29, 1.82) is 0 Å². The molecule has 1 aliphatic rings. The number of ether oxygens (including phenoxy) is 1. The van der Waals surface area contributed by atoms with Crippen LogP contribution in [0.5, 0.6) is 0 Å². The fraction of sp³-hybridized carbons (Fsp3) is 0.208. The number of nitrogens with one attached hydrogen (secondary N) is 2. The Kier molecular flexibility index (Phi) is 6.00. The Morgan fingerprint density at radius 1 is 0.969 bits per heavy atom. The van der Waals surface area contributed by atoms with E-state index in [0.717, 1.165) is 52.7 Å². The Morgan fingerprint density at radius 2 is 1.84 bits per heavy atom. The SMILES string of the molecule is Clc1ccc2c(Nc3cccc(CNc4ccnc(N5CCOCC5)n4)c3)ccnc2c1. The summed E-state index contributed by atoms with van der Waals surface area (Å²) in [6.07, 6.45) is 3.58. The Hall–Kier alpha value is -3.42. The van der Waals surface area contributed by atoms with Crippen LogP contribution < -0.4 is 15.5 Å². The maximum atomic E-state index is 6.11. The summed E-state index contributed by atoms with van der Waals surface area (Å²) in [4.78, 5) is 15.6. The molecule has 2 aromatic heterocycles. The average Bonchev–Trinajstić information content (AvgIpc) is 2.84. The minimum atomic E-state index is 0.655. The van der Waals surface area contributed by atoms with Crippen LogP contribution in [0.1, 0.15) is 5.56 Å². The van der Waals surface area contributed by atoms with Crippen molar-refractivity contribution in [2.45, 2.75) is 6.54 Å². The van der Waals surface area contributed by atoms with Crippen LogP contribution in [-0.2, 0) is 11.3 Å². The van der Waals surface area contributed by atoms with Gasteiger partial charge >= 0.3 is 0 Å². The predicted octanol–water partition coefficient (Wildman–Crippen LogP) is 4.87. The zero-order valence-electron chi connectivity index (χ0n) is 17.5. The summed E-state index contributed by atoms with van der Waals surface area (Å²) >= 11 is 6.11. The Balaban J connectivity index is 1.28. The summed E-state index contributed by atoms with van der Waals surface area (Å²) in [5, 5.41) is 8.61. The van der Waals surface area contributed by atoms with Crippen molar-refractivity contribution in [2.75, 3.05) is 41.8 Å². The van der Waals surface area contributed by atoms with Crippen molar-refractivity contribution in [3.8, 4) is 0 Å². The molecule has 1 aliphatic heterocycles. The molecule has 2 aromatic carbocycles. The van der Waals surface area contributed by atoms with Gasteiger partial charge in [0.1, 0.15) is 5.82 Å². The van der Waals surface area contributed by atoms with Gasteiger partial charge in [0, 0.05) is 53.8 Å². The van der Waals surface area contributed by atoms with Crippen LogP contribution in [0.4, 0.5) is 23.1 Å². The van der Waals surface area contributed by atoms with Gasteiger partial charge in [-0.25, -0.2) is 4.98 Å². The molecule has 4 aromatic rings. The molecule has 0 unspecified atom stereocenters. The largest absolute Gasteiger partial charge is 0.378 e. The van der Waals surface area contributed by atoms with Crippen molar-refractivity contribution in [1.82, 2.24) is 15.0 Å². The molecule has 1 saturated heterocycles. The maximum absolute atomic E-state index is 6.11. The molecule has 0 atom stereocenters. The van der Waals surface area contributed by atoms with E-state index in [1.165, 1.54) is 0 Å². The second-order valence-electron chi connectivity index (χ2n) is 7.54. The zero-order valence-corrected chi connectivity index (χ0v) is 18.2.